The van der Waals surface area contributed by atoms with Crippen LogP contribution in [0.4, 0.5) is 5.69 Å². The maximum Gasteiger partial charge on any atom is 0.469 e. The van der Waals surface area contributed by atoms with Crippen molar-refractivity contribution in [2.75, 3.05) is 13.1 Å². The van der Waals surface area contributed by atoms with Crippen LogP contribution >= 0.6 is 7.82 Å². The highest BCUT2D eigenvalue weighted by Crippen LogP contribution is 2.38. The van der Waals surface area contributed by atoms with Crippen molar-refractivity contribution in [2.45, 2.75) is 27.4 Å². The van der Waals surface area contributed by atoms with Crippen LogP contribution in [-0.4, -0.2) is 44.2 Å². The number of pyridine rings is 1. The summed E-state index contributed by atoms with van der Waals surface area (Å²) >= 11 is 0. The Morgan fingerprint density at radius 3 is 2.56 bits per heavy atom. The summed E-state index contributed by atoms with van der Waals surface area (Å²) in [5.41, 5.74) is 3.42. The summed E-state index contributed by atoms with van der Waals surface area (Å²) in [6.45, 7) is 7.11. The molecule has 3 N–H and O–H groups in total. The van der Waals surface area contributed by atoms with Crippen LogP contribution in [0.1, 0.15) is 30.7 Å². The molecule has 0 saturated carbocycles. The van der Waals surface area contributed by atoms with Crippen LogP contribution in [0.3, 0.4) is 0 Å². The third-order valence-electron chi connectivity index (χ3n) is 6.56. The van der Waals surface area contributed by atoms with Gasteiger partial charge in [-0.2, -0.15) is 0 Å². The number of aromatic hydroxyl groups is 1. The third kappa shape index (κ3) is 5.46. The van der Waals surface area contributed by atoms with E-state index in [-0.39, 0.29) is 16.9 Å². The number of fused-ring (bicyclic) bond motifs is 4. The topological polar surface area (TPSA) is 141 Å². The molecule has 0 amide bonds. The monoisotopic (exact) mass is 547 g/mol. The molecule has 0 unspecified atom stereocenters. The zero-order valence-corrected chi connectivity index (χ0v) is 22.6. The minimum Gasteiger partial charge on any atom is -0.505 e. The molecule has 10 nitrogen and oxygen atoms in total. The lowest BCUT2D eigenvalue weighted by molar-refractivity contribution is 0.188. The molecule has 0 spiro atoms. The van der Waals surface area contributed by atoms with E-state index in [4.69, 9.17) is 19.2 Å². The van der Waals surface area contributed by atoms with Crippen LogP contribution < -0.4 is 9.93 Å². The van der Waals surface area contributed by atoms with Crippen molar-refractivity contribution < 1.29 is 28.4 Å². The standard InChI is InChI=1S/C28H27N4O6P/c1-4-32(5-2)19-10-11-23-25(12-19)38-26-13-24(20-8-6-7-9-21(20)27(26)31-23)30-15-22-18(16-37-39(34,35)36)14-29-17(3)28(22)33/h6-15H,4-5,16H2,1-3H3,(H2,34,35,36)/p+1. The van der Waals surface area contributed by atoms with Gasteiger partial charge in [-0.1, -0.05) is 24.3 Å². The summed E-state index contributed by atoms with van der Waals surface area (Å²) in [5.74, 6) is 0.494. The molecule has 0 bridgehead atoms. The summed E-state index contributed by atoms with van der Waals surface area (Å²) < 4.78 is 24.5. The Morgan fingerprint density at radius 2 is 1.85 bits per heavy atom. The van der Waals surface area contributed by atoms with Gasteiger partial charge in [-0.3, -0.25) is 14.5 Å². The van der Waals surface area contributed by atoms with Crippen molar-refractivity contribution in [3.8, 4) is 17.2 Å². The largest absolute Gasteiger partial charge is 0.505 e. The number of nitrogens with zero attached hydrogens (tertiary/aromatic N) is 4. The van der Waals surface area contributed by atoms with Gasteiger partial charge in [0.05, 0.1) is 24.1 Å². The van der Waals surface area contributed by atoms with Gasteiger partial charge >= 0.3 is 7.82 Å². The fourth-order valence-electron chi connectivity index (χ4n) is 4.52. The van der Waals surface area contributed by atoms with E-state index in [1.54, 1.807) is 13.0 Å². The number of hydrogen-bond acceptors (Lipinski definition) is 7. The number of hydrogen-bond donors (Lipinski definition) is 3. The fraction of sp³-hybridized carbons (Fsp3) is 0.214. The Morgan fingerprint density at radius 1 is 1.10 bits per heavy atom. The quantitative estimate of drug-likeness (QED) is 0.0878. The molecule has 3 aromatic rings. The van der Waals surface area contributed by atoms with Crippen molar-refractivity contribution in [2.24, 2.45) is 4.99 Å². The first-order valence-corrected chi connectivity index (χ1v) is 14.0. The molecule has 0 radical (unpaired) electrons. The predicted molar refractivity (Wildman–Crippen MR) is 149 cm³/mol. The second-order valence-electron chi connectivity index (χ2n) is 8.98. The minimum absolute atomic E-state index is 0.156. The first-order chi connectivity index (χ1) is 18.7. The number of aliphatic imine (C=N–C) groups is 1. The normalized spacial score (nSPS) is 12.2. The van der Waals surface area contributed by atoms with Gasteiger partial charge in [0, 0.05) is 46.4 Å². The van der Waals surface area contributed by atoms with E-state index in [0.29, 0.717) is 28.2 Å². The second-order valence-corrected chi connectivity index (χ2v) is 10.2. The molecule has 2 aromatic carbocycles. The minimum atomic E-state index is -4.73. The average molecular weight is 548 g/mol. The van der Waals surface area contributed by atoms with Crippen molar-refractivity contribution in [1.29, 1.82) is 0 Å². The van der Waals surface area contributed by atoms with Crippen LogP contribution in [0.25, 0.3) is 33.3 Å². The van der Waals surface area contributed by atoms with Gasteiger partial charge in [0.15, 0.2) is 11.3 Å². The van der Waals surface area contributed by atoms with Crippen LogP contribution in [0.2, 0.25) is 0 Å². The Balaban J connectivity index is 1.68. The number of aromatic nitrogens is 2. The lowest BCUT2D eigenvalue weighted by atomic mass is 10.1. The summed E-state index contributed by atoms with van der Waals surface area (Å²) in [4.78, 5) is 31.9. The molecule has 39 heavy (non-hydrogen) atoms. The maximum atomic E-state index is 11.2. The number of benzene rings is 3. The smallest absolute Gasteiger partial charge is 0.469 e. The zero-order chi connectivity index (χ0) is 27.7. The Labute approximate surface area is 224 Å². The molecule has 1 aromatic heterocycles. The van der Waals surface area contributed by atoms with Gasteiger partial charge in [0.2, 0.25) is 5.36 Å². The van der Waals surface area contributed by atoms with Gasteiger partial charge < -0.3 is 19.3 Å². The molecular formula is C28H28N4O6P+. The van der Waals surface area contributed by atoms with Crippen LogP contribution in [0.5, 0.6) is 5.75 Å². The molecule has 200 valence electrons. The van der Waals surface area contributed by atoms with Crippen molar-refractivity contribution in [3.05, 3.63) is 76.9 Å². The van der Waals surface area contributed by atoms with Crippen LogP contribution in [0.15, 0.2) is 64.1 Å². The lowest BCUT2D eigenvalue weighted by Gasteiger charge is -2.12. The zero-order valence-electron chi connectivity index (χ0n) is 21.7. The van der Waals surface area contributed by atoms with Gasteiger partial charge in [0.1, 0.15) is 30.0 Å². The van der Waals surface area contributed by atoms with E-state index in [9.17, 15) is 9.67 Å². The molecule has 1 aliphatic heterocycles. The molecule has 2 heterocycles. The number of phosphoric ester groups is 1. The fourth-order valence-corrected chi connectivity index (χ4v) is 4.82. The van der Waals surface area contributed by atoms with E-state index >= 15 is 0 Å². The maximum absolute atomic E-state index is 11.2. The number of phosphoric acid groups is 1. The van der Waals surface area contributed by atoms with E-state index in [1.165, 1.54) is 12.4 Å². The first kappa shape index (κ1) is 26.6. The second kappa shape index (κ2) is 10.7. The summed E-state index contributed by atoms with van der Waals surface area (Å²) in [6.07, 6.45) is 2.83. The molecular weight excluding hydrogens is 519 g/mol. The van der Waals surface area contributed by atoms with Crippen molar-refractivity contribution >= 4 is 41.6 Å². The number of rotatable bonds is 7. The Hall–Kier alpha value is -3.95. The summed E-state index contributed by atoms with van der Waals surface area (Å²) in [5, 5.41) is 13.4. The SMILES string of the molecule is CC[N+](CC)=c1ccc2nc3c(cc(N=Cc4c(COP(=O)(O)O)cnc(C)c4O)c4ccccc43)oc-2c1. The highest BCUT2D eigenvalue weighted by molar-refractivity contribution is 7.46. The van der Waals surface area contributed by atoms with E-state index in [2.05, 4.69) is 32.9 Å². The highest BCUT2D eigenvalue weighted by atomic mass is 31.2. The highest BCUT2D eigenvalue weighted by Gasteiger charge is 2.18. The van der Waals surface area contributed by atoms with Gasteiger partial charge in [-0.05, 0) is 26.8 Å². The molecule has 0 saturated heterocycles. The third-order valence-corrected chi connectivity index (χ3v) is 7.03. The van der Waals surface area contributed by atoms with E-state index in [1.807, 2.05) is 42.5 Å². The van der Waals surface area contributed by atoms with Gasteiger partial charge in [-0.25, -0.2) is 14.1 Å². The molecule has 0 atom stereocenters. The molecule has 1 aliphatic carbocycles. The molecule has 2 aliphatic rings. The first-order valence-electron chi connectivity index (χ1n) is 12.4. The van der Waals surface area contributed by atoms with Crippen LogP contribution in [0, 0.1) is 6.92 Å². The van der Waals surface area contributed by atoms with Crippen molar-refractivity contribution in [1.82, 2.24) is 14.5 Å². The predicted octanol–water partition coefficient (Wildman–Crippen LogP) is 4.67. The van der Waals surface area contributed by atoms with Crippen LogP contribution in [-0.2, 0) is 15.7 Å². The van der Waals surface area contributed by atoms with Crippen molar-refractivity contribution in [3.63, 3.8) is 0 Å². The molecule has 5 rings (SSSR count). The number of aryl methyl sites for hydroxylation is 1. The average Bonchev–Trinajstić information content (AvgIpc) is 2.92. The van der Waals surface area contributed by atoms with Gasteiger partial charge in [-0.15, -0.1) is 0 Å². The Kier molecular flexibility index (Phi) is 7.29. The Bertz CT molecular complexity index is 1820. The lowest BCUT2D eigenvalue weighted by Crippen LogP contribution is -2.29. The molecule has 0 fully saturated rings. The van der Waals surface area contributed by atoms with E-state index < -0.39 is 14.4 Å². The van der Waals surface area contributed by atoms with Gasteiger partial charge in [0.25, 0.3) is 0 Å². The molecule has 11 heteroatoms. The summed E-state index contributed by atoms with van der Waals surface area (Å²) in [6, 6.07) is 15.5. The van der Waals surface area contributed by atoms with E-state index in [0.717, 1.165) is 34.9 Å². The summed E-state index contributed by atoms with van der Waals surface area (Å²) in [7, 11) is -4.73.